The van der Waals surface area contributed by atoms with Gasteiger partial charge in [-0.05, 0) is 18.9 Å². The lowest BCUT2D eigenvalue weighted by atomic mass is 9.91. The molecule has 8 nitrogen and oxygen atoms in total. The van der Waals surface area contributed by atoms with Crippen LogP contribution in [0.5, 0.6) is 0 Å². The van der Waals surface area contributed by atoms with Crippen LogP contribution in [0.4, 0.5) is 11.5 Å². The molecule has 1 aliphatic heterocycles. The molecule has 0 atom stereocenters. The molecule has 2 rings (SSSR count). The molecule has 1 saturated heterocycles. The quantitative estimate of drug-likeness (QED) is 0.617. The van der Waals surface area contributed by atoms with Crippen LogP contribution in [-0.4, -0.2) is 40.4 Å². The third kappa shape index (κ3) is 2.84. The number of nitro groups is 1. The molecule has 0 unspecified atom stereocenters. The van der Waals surface area contributed by atoms with Gasteiger partial charge in [0.05, 0.1) is 17.1 Å². The molecule has 0 aromatic carbocycles. The van der Waals surface area contributed by atoms with Crippen LogP contribution in [-0.2, 0) is 4.74 Å². The van der Waals surface area contributed by atoms with Gasteiger partial charge in [0, 0.05) is 19.3 Å². The molecule has 1 aliphatic rings. The lowest BCUT2D eigenvalue weighted by Crippen LogP contribution is -2.47. The van der Waals surface area contributed by atoms with E-state index in [0.717, 1.165) is 0 Å². The van der Waals surface area contributed by atoms with Gasteiger partial charge < -0.3 is 15.2 Å². The van der Waals surface area contributed by atoms with Crippen LogP contribution in [0.1, 0.15) is 18.5 Å². The van der Waals surface area contributed by atoms with E-state index < -0.39 is 10.5 Å². The first-order valence-corrected chi connectivity index (χ1v) is 6.12. The number of rotatable bonds is 4. The maximum absolute atomic E-state index is 10.7. The highest BCUT2D eigenvalue weighted by molar-refractivity contribution is 5.51. The van der Waals surface area contributed by atoms with Crippen molar-refractivity contribution in [3.63, 3.8) is 0 Å². The minimum absolute atomic E-state index is 0.100. The van der Waals surface area contributed by atoms with Gasteiger partial charge in [0.2, 0.25) is 5.69 Å². The minimum Gasteiger partial charge on any atom is -0.394 e. The Balaban J connectivity index is 2.25. The summed E-state index contributed by atoms with van der Waals surface area (Å²) in [4.78, 5) is 14.0. The SMILES string of the molecule is N#Cc1nc(NC2(CO)CCOCC2)ccc1[N+](=O)[O-]. The molecule has 106 valence electrons. The molecule has 0 bridgehead atoms. The molecule has 2 heterocycles. The third-order valence-electron chi connectivity index (χ3n) is 3.32. The molecule has 0 amide bonds. The highest BCUT2D eigenvalue weighted by Gasteiger charge is 2.32. The Kier molecular flexibility index (Phi) is 4.12. The largest absolute Gasteiger partial charge is 0.394 e. The van der Waals surface area contributed by atoms with E-state index >= 15 is 0 Å². The fourth-order valence-corrected chi connectivity index (χ4v) is 2.11. The van der Waals surface area contributed by atoms with Crippen LogP contribution in [0.25, 0.3) is 0 Å². The molecule has 0 radical (unpaired) electrons. The van der Waals surface area contributed by atoms with Gasteiger partial charge in [-0.3, -0.25) is 10.1 Å². The number of ether oxygens (including phenoxy) is 1. The standard InChI is InChI=1S/C12H14N4O4/c13-7-9-10(16(18)19)1-2-11(14-9)15-12(8-17)3-5-20-6-4-12/h1-2,17H,3-6,8H2,(H,14,15). The highest BCUT2D eigenvalue weighted by atomic mass is 16.6. The summed E-state index contributed by atoms with van der Waals surface area (Å²) in [6, 6.07) is 4.38. The van der Waals surface area contributed by atoms with Crippen molar-refractivity contribution in [1.82, 2.24) is 4.98 Å². The van der Waals surface area contributed by atoms with Crippen molar-refractivity contribution < 1.29 is 14.8 Å². The second-order valence-corrected chi connectivity index (χ2v) is 4.61. The predicted molar refractivity (Wildman–Crippen MR) is 69.1 cm³/mol. The Bertz CT molecular complexity index is 549. The zero-order valence-corrected chi connectivity index (χ0v) is 10.7. The van der Waals surface area contributed by atoms with E-state index in [4.69, 9.17) is 10.00 Å². The normalized spacial score (nSPS) is 17.2. The molecule has 0 spiro atoms. The van der Waals surface area contributed by atoms with E-state index in [-0.39, 0.29) is 18.0 Å². The summed E-state index contributed by atoms with van der Waals surface area (Å²) in [5.41, 5.74) is -1.14. The van der Waals surface area contributed by atoms with Crippen LogP contribution in [0.2, 0.25) is 0 Å². The number of aliphatic hydroxyl groups is 1. The van der Waals surface area contributed by atoms with Gasteiger partial charge in [0.25, 0.3) is 0 Å². The average molecular weight is 278 g/mol. The first-order valence-electron chi connectivity index (χ1n) is 6.12. The molecule has 8 heteroatoms. The second kappa shape index (κ2) is 5.81. The van der Waals surface area contributed by atoms with Crippen molar-refractivity contribution in [1.29, 1.82) is 5.26 Å². The first kappa shape index (κ1) is 14.2. The van der Waals surface area contributed by atoms with E-state index in [9.17, 15) is 15.2 Å². The molecular formula is C12H14N4O4. The highest BCUT2D eigenvalue weighted by Crippen LogP contribution is 2.26. The van der Waals surface area contributed by atoms with Crippen molar-refractivity contribution in [3.8, 4) is 6.07 Å². The zero-order valence-electron chi connectivity index (χ0n) is 10.7. The number of nitriles is 1. The summed E-state index contributed by atoms with van der Waals surface area (Å²) in [6.07, 6.45) is 1.20. The number of hydrogen-bond donors (Lipinski definition) is 2. The van der Waals surface area contributed by atoms with Crippen molar-refractivity contribution in [2.24, 2.45) is 0 Å². The fraction of sp³-hybridized carbons (Fsp3) is 0.500. The maximum atomic E-state index is 10.7. The molecule has 2 N–H and O–H groups in total. The molecule has 1 aromatic rings. The number of aromatic nitrogens is 1. The summed E-state index contributed by atoms with van der Waals surface area (Å²) < 4.78 is 5.25. The van der Waals surface area contributed by atoms with Crippen molar-refractivity contribution >= 4 is 11.5 Å². The predicted octanol–water partition coefficient (Wildman–Crippen LogP) is 0.815. The first-order chi connectivity index (χ1) is 9.60. The van der Waals surface area contributed by atoms with Crippen LogP contribution in [0.15, 0.2) is 12.1 Å². The van der Waals surface area contributed by atoms with Gasteiger partial charge in [0.15, 0.2) is 0 Å². The summed E-state index contributed by atoms with van der Waals surface area (Å²) in [5.74, 6) is 0.336. The summed E-state index contributed by atoms with van der Waals surface area (Å²) in [5, 5.41) is 32.3. The molecular weight excluding hydrogens is 264 g/mol. The molecule has 1 aromatic heterocycles. The van der Waals surface area contributed by atoms with Gasteiger partial charge in [-0.1, -0.05) is 0 Å². The average Bonchev–Trinajstić information content (AvgIpc) is 2.47. The number of pyridine rings is 1. The Morgan fingerprint density at radius 2 is 2.25 bits per heavy atom. The Labute approximate surface area is 115 Å². The fourth-order valence-electron chi connectivity index (χ4n) is 2.11. The molecule has 0 aliphatic carbocycles. The van der Waals surface area contributed by atoms with Crippen LogP contribution in [0, 0.1) is 21.4 Å². The second-order valence-electron chi connectivity index (χ2n) is 4.61. The maximum Gasteiger partial charge on any atom is 0.305 e. The molecule has 20 heavy (non-hydrogen) atoms. The van der Waals surface area contributed by atoms with E-state index in [1.165, 1.54) is 12.1 Å². The summed E-state index contributed by atoms with van der Waals surface area (Å²) in [6.45, 7) is 0.939. The third-order valence-corrected chi connectivity index (χ3v) is 3.32. The number of anilines is 1. The van der Waals surface area contributed by atoms with Gasteiger partial charge in [-0.15, -0.1) is 0 Å². The smallest absolute Gasteiger partial charge is 0.305 e. The Hall–Kier alpha value is -2.24. The van der Waals surface area contributed by atoms with E-state index in [0.29, 0.717) is 31.9 Å². The van der Waals surface area contributed by atoms with Gasteiger partial charge in [-0.25, -0.2) is 4.98 Å². The van der Waals surface area contributed by atoms with E-state index in [1.54, 1.807) is 6.07 Å². The topological polar surface area (TPSA) is 121 Å². The van der Waals surface area contributed by atoms with Crippen LogP contribution < -0.4 is 5.32 Å². The van der Waals surface area contributed by atoms with Crippen LogP contribution >= 0.6 is 0 Å². The summed E-state index contributed by atoms with van der Waals surface area (Å²) in [7, 11) is 0. The van der Waals surface area contributed by atoms with E-state index in [2.05, 4.69) is 10.3 Å². The number of aliphatic hydroxyl groups excluding tert-OH is 1. The molecule has 0 saturated carbocycles. The summed E-state index contributed by atoms with van der Waals surface area (Å²) >= 11 is 0. The Morgan fingerprint density at radius 1 is 1.55 bits per heavy atom. The molecule has 1 fully saturated rings. The number of nitrogens with zero attached hydrogens (tertiary/aromatic N) is 3. The van der Waals surface area contributed by atoms with E-state index in [1.807, 2.05) is 0 Å². The lowest BCUT2D eigenvalue weighted by molar-refractivity contribution is -0.385. The zero-order chi connectivity index (χ0) is 14.6. The number of hydrogen-bond acceptors (Lipinski definition) is 7. The van der Waals surface area contributed by atoms with Gasteiger partial charge in [-0.2, -0.15) is 5.26 Å². The van der Waals surface area contributed by atoms with Crippen molar-refractivity contribution in [3.05, 3.63) is 27.9 Å². The van der Waals surface area contributed by atoms with Crippen molar-refractivity contribution in [2.45, 2.75) is 18.4 Å². The van der Waals surface area contributed by atoms with Gasteiger partial charge >= 0.3 is 5.69 Å². The Morgan fingerprint density at radius 3 is 2.80 bits per heavy atom. The minimum atomic E-state index is -0.647. The lowest BCUT2D eigenvalue weighted by Gasteiger charge is -2.36. The monoisotopic (exact) mass is 278 g/mol. The van der Waals surface area contributed by atoms with Crippen LogP contribution in [0.3, 0.4) is 0 Å². The van der Waals surface area contributed by atoms with Crippen molar-refractivity contribution in [2.75, 3.05) is 25.1 Å². The van der Waals surface area contributed by atoms with Gasteiger partial charge in [0.1, 0.15) is 11.9 Å². The number of nitrogens with one attached hydrogen (secondary N) is 1.